The standard InChI is InChI=1S/C10H21NO3/c1-7(10(13)14-4)5-8(2)11-6-9(3)12/h7-9,11-12H,5-6H2,1-4H3/t7?,8?,9-/m0/s1. The maximum absolute atomic E-state index is 11.1. The first-order valence-electron chi connectivity index (χ1n) is 4.96. The van der Waals surface area contributed by atoms with Crippen molar-refractivity contribution in [2.24, 2.45) is 5.92 Å². The maximum atomic E-state index is 11.1. The molecular weight excluding hydrogens is 182 g/mol. The summed E-state index contributed by atoms with van der Waals surface area (Å²) in [5.41, 5.74) is 0. The summed E-state index contributed by atoms with van der Waals surface area (Å²) < 4.78 is 4.62. The minimum atomic E-state index is -0.356. The lowest BCUT2D eigenvalue weighted by Crippen LogP contribution is -2.34. The zero-order chi connectivity index (χ0) is 11.1. The Balaban J connectivity index is 3.70. The van der Waals surface area contributed by atoms with Crippen molar-refractivity contribution in [1.29, 1.82) is 0 Å². The number of ether oxygens (including phenoxy) is 1. The molecule has 0 aliphatic rings. The molecular formula is C10H21NO3. The fourth-order valence-electron chi connectivity index (χ4n) is 1.28. The average molecular weight is 203 g/mol. The van der Waals surface area contributed by atoms with Gasteiger partial charge in [-0.15, -0.1) is 0 Å². The number of aliphatic hydroxyl groups excluding tert-OH is 1. The van der Waals surface area contributed by atoms with E-state index in [1.165, 1.54) is 7.11 Å². The second-order valence-corrected chi connectivity index (χ2v) is 3.82. The molecule has 0 saturated carbocycles. The highest BCUT2D eigenvalue weighted by atomic mass is 16.5. The predicted molar refractivity (Wildman–Crippen MR) is 54.9 cm³/mol. The largest absolute Gasteiger partial charge is 0.469 e. The molecule has 14 heavy (non-hydrogen) atoms. The summed E-state index contributed by atoms with van der Waals surface area (Å²) >= 11 is 0. The van der Waals surface area contributed by atoms with Crippen LogP contribution in [0.5, 0.6) is 0 Å². The van der Waals surface area contributed by atoms with E-state index >= 15 is 0 Å². The first-order chi connectivity index (χ1) is 6.47. The van der Waals surface area contributed by atoms with Gasteiger partial charge in [0.05, 0.1) is 19.1 Å². The Kier molecular flexibility index (Phi) is 6.49. The van der Waals surface area contributed by atoms with Crippen molar-refractivity contribution in [2.45, 2.75) is 39.3 Å². The molecule has 4 nitrogen and oxygen atoms in total. The molecule has 0 radical (unpaired) electrons. The van der Waals surface area contributed by atoms with Gasteiger partial charge in [-0.25, -0.2) is 0 Å². The number of esters is 1. The van der Waals surface area contributed by atoms with E-state index in [0.29, 0.717) is 6.54 Å². The van der Waals surface area contributed by atoms with Gasteiger partial charge in [0.25, 0.3) is 0 Å². The fourth-order valence-corrected chi connectivity index (χ4v) is 1.28. The van der Waals surface area contributed by atoms with Crippen LogP contribution in [-0.2, 0) is 9.53 Å². The highest BCUT2D eigenvalue weighted by molar-refractivity contribution is 5.71. The molecule has 84 valence electrons. The third kappa shape index (κ3) is 5.94. The average Bonchev–Trinajstić information content (AvgIpc) is 2.13. The van der Waals surface area contributed by atoms with Gasteiger partial charge in [0.2, 0.25) is 0 Å². The number of nitrogens with one attached hydrogen (secondary N) is 1. The van der Waals surface area contributed by atoms with Gasteiger partial charge in [0, 0.05) is 12.6 Å². The third-order valence-electron chi connectivity index (χ3n) is 2.07. The number of hydrogen-bond donors (Lipinski definition) is 2. The van der Waals surface area contributed by atoms with Crippen molar-refractivity contribution in [3.8, 4) is 0 Å². The molecule has 0 amide bonds. The van der Waals surface area contributed by atoms with Crippen molar-refractivity contribution < 1.29 is 14.6 Å². The van der Waals surface area contributed by atoms with Crippen molar-refractivity contribution >= 4 is 5.97 Å². The zero-order valence-electron chi connectivity index (χ0n) is 9.41. The second kappa shape index (κ2) is 6.79. The van der Waals surface area contributed by atoms with E-state index < -0.39 is 0 Å². The van der Waals surface area contributed by atoms with Gasteiger partial charge in [-0.05, 0) is 20.3 Å². The molecule has 0 aliphatic carbocycles. The summed E-state index contributed by atoms with van der Waals surface area (Å²) in [4.78, 5) is 11.1. The zero-order valence-corrected chi connectivity index (χ0v) is 9.41. The van der Waals surface area contributed by atoms with Crippen LogP contribution in [0.25, 0.3) is 0 Å². The molecule has 2 N–H and O–H groups in total. The number of hydrogen-bond acceptors (Lipinski definition) is 4. The lowest BCUT2D eigenvalue weighted by Gasteiger charge is -2.17. The summed E-state index contributed by atoms with van der Waals surface area (Å²) in [6.07, 6.45) is 0.366. The van der Waals surface area contributed by atoms with E-state index in [1.807, 2.05) is 13.8 Å². The molecule has 0 aromatic rings. The Bertz CT molecular complexity index is 171. The molecule has 0 aromatic carbocycles. The maximum Gasteiger partial charge on any atom is 0.308 e. The summed E-state index contributed by atoms with van der Waals surface area (Å²) in [6, 6.07) is 0.207. The van der Waals surface area contributed by atoms with Crippen molar-refractivity contribution in [3.63, 3.8) is 0 Å². The SMILES string of the molecule is COC(=O)C(C)CC(C)NC[C@H](C)O. The minimum absolute atomic E-state index is 0.100. The molecule has 0 fully saturated rings. The van der Waals surface area contributed by atoms with E-state index in [2.05, 4.69) is 10.1 Å². The van der Waals surface area contributed by atoms with E-state index in [9.17, 15) is 4.79 Å². The number of carbonyl (C=O) groups excluding carboxylic acids is 1. The molecule has 4 heteroatoms. The number of aliphatic hydroxyl groups is 1. The molecule has 0 saturated heterocycles. The Morgan fingerprint density at radius 1 is 1.43 bits per heavy atom. The van der Waals surface area contributed by atoms with Crippen molar-refractivity contribution in [2.75, 3.05) is 13.7 Å². The van der Waals surface area contributed by atoms with Crippen LogP contribution >= 0.6 is 0 Å². The quantitative estimate of drug-likeness (QED) is 0.619. The van der Waals surface area contributed by atoms with Crippen molar-refractivity contribution in [1.82, 2.24) is 5.32 Å². The van der Waals surface area contributed by atoms with Crippen LogP contribution < -0.4 is 5.32 Å². The minimum Gasteiger partial charge on any atom is -0.469 e. The Labute approximate surface area is 85.6 Å². The van der Waals surface area contributed by atoms with E-state index in [-0.39, 0.29) is 24.0 Å². The van der Waals surface area contributed by atoms with Crippen LogP contribution in [0.1, 0.15) is 27.2 Å². The number of rotatable bonds is 6. The van der Waals surface area contributed by atoms with Crippen LogP contribution in [0, 0.1) is 5.92 Å². The first-order valence-corrected chi connectivity index (χ1v) is 4.96. The summed E-state index contributed by atoms with van der Waals surface area (Å²) in [6.45, 7) is 6.10. The molecule has 2 unspecified atom stereocenters. The van der Waals surface area contributed by atoms with Crippen LogP contribution in [-0.4, -0.2) is 36.9 Å². The lowest BCUT2D eigenvalue weighted by molar-refractivity contribution is -0.145. The highest BCUT2D eigenvalue weighted by Crippen LogP contribution is 2.07. The highest BCUT2D eigenvalue weighted by Gasteiger charge is 2.16. The van der Waals surface area contributed by atoms with E-state index in [0.717, 1.165) is 6.42 Å². The summed E-state index contributed by atoms with van der Waals surface area (Å²) in [5, 5.41) is 12.2. The molecule has 0 bridgehead atoms. The van der Waals surface area contributed by atoms with Crippen LogP contribution in [0.15, 0.2) is 0 Å². The first kappa shape index (κ1) is 13.4. The van der Waals surface area contributed by atoms with Crippen LogP contribution in [0.3, 0.4) is 0 Å². The summed E-state index contributed by atoms with van der Waals surface area (Å²) in [5.74, 6) is -0.285. The molecule has 0 spiro atoms. The van der Waals surface area contributed by atoms with Gasteiger partial charge < -0.3 is 15.2 Å². The van der Waals surface area contributed by atoms with Gasteiger partial charge in [-0.3, -0.25) is 4.79 Å². The van der Waals surface area contributed by atoms with E-state index in [1.54, 1.807) is 6.92 Å². The van der Waals surface area contributed by atoms with Gasteiger partial charge in [0.15, 0.2) is 0 Å². The Hall–Kier alpha value is -0.610. The molecule has 0 rings (SSSR count). The monoisotopic (exact) mass is 203 g/mol. The normalized spacial score (nSPS) is 17.2. The van der Waals surface area contributed by atoms with Crippen LogP contribution in [0.4, 0.5) is 0 Å². The van der Waals surface area contributed by atoms with Gasteiger partial charge in [0.1, 0.15) is 0 Å². The Morgan fingerprint density at radius 3 is 2.43 bits per heavy atom. The molecule has 0 heterocycles. The Morgan fingerprint density at radius 2 is 2.00 bits per heavy atom. The van der Waals surface area contributed by atoms with E-state index in [4.69, 9.17) is 5.11 Å². The van der Waals surface area contributed by atoms with Gasteiger partial charge in [-0.1, -0.05) is 6.92 Å². The van der Waals surface area contributed by atoms with Gasteiger partial charge in [-0.2, -0.15) is 0 Å². The third-order valence-corrected chi connectivity index (χ3v) is 2.07. The van der Waals surface area contributed by atoms with Crippen molar-refractivity contribution in [3.05, 3.63) is 0 Å². The number of methoxy groups -OCH3 is 1. The molecule has 3 atom stereocenters. The van der Waals surface area contributed by atoms with Gasteiger partial charge >= 0.3 is 5.97 Å². The van der Waals surface area contributed by atoms with Crippen LogP contribution in [0.2, 0.25) is 0 Å². The number of carbonyl (C=O) groups is 1. The smallest absolute Gasteiger partial charge is 0.308 e. The summed E-state index contributed by atoms with van der Waals surface area (Å²) in [7, 11) is 1.40. The molecule has 0 aromatic heterocycles. The molecule has 0 aliphatic heterocycles. The second-order valence-electron chi connectivity index (χ2n) is 3.82. The lowest BCUT2D eigenvalue weighted by atomic mass is 10.0. The topological polar surface area (TPSA) is 58.6 Å². The predicted octanol–water partition coefficient (Wildman–Crippen LogP) is 0.544. The fraction of sp³-hybridized carbons (Fsp3) is 0.900.